The molecule has 1 saturated heterocycles. The lowest BCUT2D eigenvalue weighted by atomic mass is 10.2. The molecule has 0 bridgehead atoms. The fraction of sp³-hybridized carbons (Fsp3) is 0.455. The van der Waals surface area contributed by atoms with Crippen molar-refractivity contribution in [2.45, 2.75) is 49.2 Å². The maximum atomic E-state index is 13.0. The van der Waals surface area contributed by atoms with E-state index in [-0.39, 0.29) is 16.6 Å². The highest BCUT2D eigenvalue weighted by Crippen LogP contribution is 2.28. The van der Waals surface area contributed by atoms with Gasteiger partial charge in [0.25, 0.3) is 0 Å². The van der Waals surface area contributed by atoms with E-state index >= 15 is 0 Å². The van der Waals surface area contributed by atoms with Crippen molar-refractivity contribution >= 4 is 50.1 Å². The summed E-state index contributed by atoms with van der Waals surface area (Å²) in [5, 5.41) is 5.71. The van der Waals surface area contributed by atoms with Gasteiger partial charge in [0.1, 0.15) is 0 Å². The zero-order chi connectivity index (χ0) is 22.6. The van der Waals surface area contributed by atoms with Crippen LogP contribution in [0.25, 0.3) is 11.0 Å². The molecule has 172 valence electrons. The maximum Gasteiger partial charge on any atom is 0.243 e. The molecule has 1 aromatic carbocycles. The van der Waals surface area contributed by atoms with Crippen LogP contribution >= 0.6 is 23.1 Å². The van der Waals surface area contributed by atoms with E-state index in [2.05, 4.69) is 16.4 Å². The molecule has 0 saturated carbocycles. The van der Waals surface area contributed by atoms with Crippen LogP contribution < -0.4 is 5.32 Å². The summed E-state index contributed by atoms with van der Waals surface area (Å²) in [7, 11) is -3.50. The average Bonchev–Trinajstić information content (AvgIpc) is 3.45. The average molecular weight is 493 g/mol. The molecule has 1 N–H and O–H groups in total. The Kier molecular flexibility index (Phi) is 7.55. The third-order valence-corrected chi connectivity index (χ3v) is 9.37. The lowest BCUT2D eigenvalue weighted by molar-refractivity contribution is -0.118. The minimum absolute atomic E-state index is 0.0327. The van der Waals surface area contributed by atoms with Gasteiger partial charge in [-0.2, -0.15) is 4.31 Å². The third kappa shape index (κ3) is 5.19. The molecule has 0 atom stereocenters. The number of piperidine rings is 1. The molecule has 1 fully saturated rings. The van der Waals surface area contributed by atoms with Crippen molar-refractivity contribution in [3.63, 3.8) is 0 Å². The number of benzene rings is 1. The number of carbonyl (C=O) groups is 1. The molecular weight excluding hydrogens is 464 g/mol. The largest absolute Gasteiger partial charge is 0.355 e. The van der Waals surface area contributed by atoms with Crippen LogP contribution in [-0.2, 0) is 27.8 Å². The van der Waals surface area contributed by atoms with Crippen molar-refractivity contribution in [1.82, 2.24) is 19.2 Å². The van der Waals surface area contributed by atoms with E-state index in [1.807, 2.05) is 29.0 Å². The van der Waals surface area contributed by atoms with Crippen LogP contribution in [0.2, 0.25) is 0 Å². The normalized spacial score (nSPS) is 15.3. The number of aromatic nitrogens is 2. The third-order valence-electron chi connectivity index (χ3n) is 5.56. The molecule has 3 heterocycles. The van der Waals surface area contributed by atoms with Crippen molar-refractivity contribution < 1.29 is 13.2 Å². The first kappa shape index (κ1) is 23.3. The predicted octanol–water partition coefficient (Wildman–Crippen LogP) is 3.74. The number of nitrogens with one attached hydrogen (secondary N) is 1. The second-order valence-corrected chi connectivity index (χ2v) is 11.6. The number of aryl methyl sites for hydroxylation is 1. The number of thiophene rings is 1. The van der Waals surface area contributed by atoms with E-state index in [1.165, 1.54) is 16.6 Å². The molecular formula is C22H28N4O3S3. The molecule has 10 heteroatoms. The van der Waals surface area contributed by atoms with Crippen LogP contribution in [0.3, 0.4) is 0 Å². The van der Waals surface area contributed by atoms with Gasteiger partial charge in [-0.05, 0) is 55.8 Å². The minimum Gasteiger partial charge on any atom is -0.355 e. The van der Waals surface area contributed by atoms with Crippen LogP contribution in [0.4, 0.5) is 0 Å². The van der Waals surface area contributed by atoms with E-state index in [0.29, 0.717) is 31.7 Å². The smallest absolute Gasteiger partial charge is 0.243 e. The standard InChI is InChI=1S/C22H28N4O3S3/c1-2-26-20-9-8-18(32(28,29)25-12-4-3-5-13-25)15-19(20)24-22(26)31-16-21(27)23-11-10-17-7-6-14-30-17/h6-9,14-15H,2-5,10-13,16H2,1H3,(H,23,27). The summed E-state index contributed by atoms with van der Waals surface area (Å²) in [5.41, 5.74) is 1.52. The van der Waals surface area contributed by atoms with Crippen LogP contribution in [0, 0.1) is 0 Å². The van der Waals surface area contributed by atoms with E-state index in [1.54, 1.807) is 27.8 Å². The molecule has 0 spiro atoms. The van der Waals surface area contributed by atoms with Gasteiger partial charge >= 0.3 is 0 Å². The van der Waals surface area contributed by atoms with Crippen molar-refractivity contribution in [1.29, 1.82) is 0 Å². The Morgan fingerprint density at radius 3 is 2.75 bits per heavy atom. The second kappa shape index (κ2) is 10.4. The zero-order valence-corrected chi connectivity index (χ0v) is 20.6. The van der Waals surface area contributed by atoms with Crippen molar-refractivity contribution in [3.05, 3.63) is 40.6 Å². The zero-order valence-electron chi connectivity index (χ0n) is 18.1. The fourth-order valence-corrected chi connectivity index (χ4v) is 7.03. The quantitative estimate of drug-likeness (QED) is 0.460. The molecule has 2 aromatic heterocycles. The summed E-state index contributed by atoms with van der Waals surface area (Å²) in [6.45, 7) is 4.47. The van der Waals surface area contributed by atoms with Gasteiger partial charge in [-0.25, -0.2) is 13.4 Å². The Balaban J connectivity index is 1.44. The summed E-state index contributed by atoms with van der Waals surface area (Å²) >= 11 is 3.07. The number of nitrogens with zero attached hydrogens (tertiary/aromatic N) is 3. The topological polar surface area (TPSA) is 84.3 Å². The minimum atomic E-state index is -3.50. The highest BCUT2D eigenvalue weighted by Gasteiger charge is 2.26. The summed E-state index contributed by atoms with van der Waals surface area (Å²) in [5.74, 6) is 0.238. The van der Waals surface area contributed by atoms with E-state index in [0.717, 1.165) is 36.4 Å². The molecule has 4 rings (SSSR count). The molecule has 1 amide bonds. The van der Waals surface area contributed by atoms with Gasteiger partial charge in [0.15, 0.2) is 5.16 Å². The van der Waals surface area contributed by atoms with Gasteiger partial charge in [-0.3, -0.25) is 4.79 Å². The number of sulfonamides is 1. The van der Waals surface area contributed by atoms with Gasteiger partial charge in [-0.1, -0.05) is 24.2 Å². The monoisotopic (exact) mass is 492 g/mol. The Morgan fingerprint density at radius 2 is 2.03 bits per heavy atom. The number of amides is 1. The first-order valence-corrected chi connectivity index (χ1v) is 14.2. The number of carbonyl (C=O) groups excluding carboxylic acids is 1. The lowest BCUT2D eigenvalue weighted by Crippen LogP contribution is -2.35. The number of hydrogen-bond donors (Lipinski definition) is 1. The Bertz CT molecular complexity index is 1170. The Morgan fingerprint density at radius 1 is 1.22 bits per heavy atom. The highest BCUT2D eigenvalue weighted by atomic mass is 32.2. The van der Waals surface area contributed by atoms with Crippen LogP contribution in [0.1, 0.15) is 31.1 Å². The summed E-state index contributed by atoms with van der Waals surface area (Å²) in [6, 6.07) is 9.24. The lowest BCUT2D eigenvalue weighted by Gasteiger charge is -2.25. The number of fused-ring (bicyclic) bond motifs is 1. The van der Waals surface area contributed by atoms with Gasteiger partial charge in [-0.15, -0.1) is 11.3 Å². The van der Waals surface area contributed by atoms with Crippen molar-refractivity contribution in [2.75, 3.05) is 25.4 Å². The van der Waals surface area contributed by atoms with Gasteiger partial charge in [0.2, 0.25) is 15.9 Å². The number of imidazole rings is 1. The molecule has 3 aromatic rings. The molecule has 1 aliphatic rings. The Hall–Kier alpha value is -1.88. The van der Waals surface area contributed by atoms with Crippen LogP contribution in [0.5, 0.6) is 0 Å². The first-order valence-electron chi connectivity index (χ1n) is 10.9. The Labute approximate surface area is 197 Å². The fourth-order valence-electron chi connectivity index (χ4n) is 3.88. The maximum absolute atomic E-state index is 13.0. The van der Waals surface area contributed by atoms with Gasteiger partial charge in [0, 0.05) is 31.1 Å². The van der Waals surface area contributed by atoms with Crippen LogP contribution in [0.15, 0.2) is 45.8 Å². The molecule has 0 unspecified atom stereocenters. The molecule has 7 nitrogen and oxygen atoms in total. The van der Waals surface area contributed by atoms with Gasteiger partial charge in [0.05, 0.1) is 21.7 Å². The molecule has 0 aliphatic carbocycles. The van der Waals surface area contributed by atoms with E-state index in [9.17, 15) is 13.2 Å². The second-order valence-electron chi connectivity index (χ2n) is 7.72. The number of thioether (sulfide) groups is 1. The number of hydrogen-bond acceptors (Lipinski definition) is 6. The molecule has 0 radical (unpaired) electrons. The van der Waals surface area contributed by atoms with Gasteiger partial charge < -0.3 is 9.88 Å². The van der Waals surface area contributed by atoms with Crippen LogP contribution in [-0.4, -0.2) is 53.6 Å². The molecule has 32 heavy (non-hydrogen) atoms. The van der Waals surface area contributed by atoms with E-state index in [4.69, 9.17) is 0 Å². The SMILES string of the molecule is CCn1c(SCC(=O)NCCc2cccs2)nc2cc(S(=O)(=O)N3CCCCC3)ccc21. The van der Waals surface area contributed by atoms with Crippen molar-refractivity contribution in [2.24, 2.45) is 0 Å². The van der Waals surface area contributed by atoms with E-state index < -0.39 is 10.0 Å². The first-order chi connectivity index (χ1) is 15.5. The highest BCUT2D eigenvalue weighted by molar-refractivity contribution is 7.99. The van der Waals surface area contributed by atoms with Crippen molar-refractivity contribution in [3.8, 4) is 0 Å². The predicted molar refractivity (Wildman–Crippen MR) is 130 cm³/mol. The summed E-state index contributed by atoms with van der Waals surface area (Å²) in [6.07, 6.45) is 3.72. The summed E-state index contributed by atoms with van der Waals surface area (Å²) in [4.78, 5) is 18.5. The number of rotatable bonds is 9. The summed E-state index contributed by atoms with van der Waals surface area (Å²) < 4.78 is 29.7. The molecule has 1 aliphatic heterocycles.